The lowest BCUT2D eigenvalue weighted by Gasteiger charge is -2.05. The van der Waals surface area contributed by atoms with Gasteiger partial charge in [0.05, 0.1) is 18.3 Å². The van der Waals surface area contributed by atoms with Crippen LogP contribution in [-0.4, -0.2) is 42.1 Å². The molecule has 3 heterocycles. The quantitative estimate of drug-likeness (QED) is 0.715. The molecule has 0 spiro atoms. The van der Waals surface area contributed by atoms with Crippen molar-refractivity contribution >= 4 is 28.6 Å². The number of aromatic nitrogens is 6. The molecule has 0 fully saturated rings. The van der Waals surface area contributed by atoms with Crippen molar-refractivity contribution in [2.75, 3.05) is 11.9 Å². The molecule has 3 rings (SSSR count). The minimum atomic E-state index is -0.369. The van der Waals surface area contributed by atoms with Gasteiger partial charge in [0.2, 0.25) is 0 Å². The number of rotatable bonds is 5. The van der Waals surface area contributed by atoms with E-state index in [0.29, 0.717) is 35.0 Å². The molecule has 0 saturated heterocycles. The van der Waals surface area contributed by atoms with Crippen molar-refractivity contribution in [2.24, 2.45) is 7.05 Å². The second kappa shape index (κ2) is 6.26. The Bertz CT molecular complexity index is 881. The van der Waals surface area contributed by atoms with Gasteiger partial charge in [-0.05, 0) is 26.8 Å². The van der Waals surface area contributed by atoms with Gasteiger partial charge in [-0.3, -0.25) is 0 Å². The molecule has 0 aliphatic rings. The van der Waals surface area contributed by atoms with E-state index in [1.54, 1.807) is 35.5 Å². The van der Waals surface area contributed by atoms with Crippen molar-refractivity contribution in [1.82, 2.24) is 29.5 Å². The molecule has 1 N–H and O–H groups in total. The molecule has 0 atom stereocenters. The van der Waals surface area contributed by atoms with E-state index in [-0.39, 0.29) is 12.0 Å². The molecule has 0 aliphatic heterocycles. The number of nitrogens with one attached hydrogen (secondary N) is 1. The number of fused-ring (bicyclic) bond motifs is 1. The average Bonchev–Trinajstić information content (AvgIpc) is 3.12. The maximum absolute atomic E-state index is 11.9. The molecule has 0 amide bonds. The Kier molecular flexibility index (Phi) is 4.15. The monoisotopic (exact) mass is 329 g/mol. The summed E-state index contributed by atoms with van der Waals surface area (Å²) in [6.45, 7) is 6.12. The SMILES string of the molecule is CCOC(=O)c1cc(Nc2ncnc3c2nnn3C(C)C)cn1C. The number of ether oxygens (including phenoxy) is 1. The Balaban J connectivity index is 1.93. The third-order valence-corrected chi connectivity index (χ3v) is 3.50. The smallest absolute Gasteiger partial charge is 0.355 e. The molecule has 3 aromatic heterocycles. The van der Waals surface area contributed by atoms with Crippen LogP contribution in [0.15, 0.2) is 18.6 Å². The fourth-order valence-corrected chi connectivity index (χ4v) is 2.38. The third kappa shape index (κ3) is 2.80. The fourth-order valence-electron chi connectivity index (χ4n) is 2.38. The van der Waals surface area contributed by atoms with E-state index >= 15 is 0 Å². The molecule has 24 heavy (non-hydrogen) atoms. The molecule has 9 nitrogen and oxygen atoms in total. The van der Waals surface area contributed by atoms with Crippen molar-refractivity contribution in [3.63, 3.8) is 0 Å². The van der Waals surface area contributed by atoms with Crippen molar-refractivity contribution in [3.8, 4) is 0 Å². The summed E-state index contributed by atoms with van der Waals surface area (Å²) in [7, 11) is 1.78. The van der Waals surface area contributed by atoms with Gasteiger partial charge in [0.15, 0.2) is 17.0 Å². The molecule has 0 bridgehead atoms. The minimum absolute atomic E-state index is 0.143. The van der Waals surface area contributed by atoms with Gasteiger partial charge in [0.25, 0.3) is 0 Å². The number of hydrogen-bond donors (Lipinski definition) is 1. The third-order valence-electron chi connectivity index (χ3n) is 3.50. The van der Waals surface area contributed by atoms with Gasteiger partial charge in [-0.1, -0.05) is 5.21 Å². The van der Waals surface area contributed by atoms with Crippen LogP contribution in [0.25, 0.3) is 11.2 Å². The molecule has 0 aromatic carbocycles. The van der Waals surface area contributed by atoms with E-state index in [1.165, 1.54) is 6.33 Å². The topological polar surface area (TPSA) is 99.8 Å². The predicted molar refractivity (Wildman–Crippen MR) is 88.2 cm³/mol. The van der Waals surface area contributed by atoms with Gasteiger partial charge in [-0.15, -0.1) is 5.10 Å². The van der Waals surface area contributed by atoms with E-state index in [4.69, 9.17) is 4.74 Å². The summed E-state index contributed by atoms with van der Waals surface area (Å²) < 4.78 is 8.46. The lowest BCUT2D eigenvalue weighted by molar-refractivity contribution is 0.0515. The van der Waals surface area contributed by atoms with Crippen LogP contribution in [0, 0.1) is 0 Å². The highest BCUT2D eigenvalue weighted by Gasteiger charge is 2.16. The van der Waals surface area contributed by atoms with Gasteiger partial charge >= 0.3 is 5.97 Å². The molecule has 0 radical (unpaired) electrons. The van der Waals surface area contributed by atoms with E-state index < -0.39 is 0 Å². The molecule has 3 aromatic rings. The van der Waals surface area contributed by atoms with Gasteiger partial charge in [0, 0.05) is 13.2 Å². The highest BCUT2D eigenvalue weighted by molar-refractivity contribution is 5.90. The summed E-state index contributed by atoms with van der Waals surface area (Å²) in [6, 6.07) is 1.85. The first-order valence-electron chi connectivity index (χ1n) is 7.67. The molecule has 0 saturated carbocycles. The van der Waals surface area contributed by atoms with E-state index in [9.17, 15) is 4.79 Å². The van der Waals surface area contributed by atoms with E-state index in [2.05, 4.69) is 25.6 Å². The molecular formula is C15H19N7O2. The Morgan fingerprint density at radius 2 is 2.17 bits per heavy atom. The van der Waals surface area contributed by atoms with Crippen LogP contribution >= 0.6 is 0 Å². The Hall–Kier alpha value is -2.97. The molecule has 9 heteroatoms. The number of anilines is 2. The second-order valence-corrected chi connectivity index (χ2v) is 5.59. The van der Waals surface area contributed by atoms with Crippen LogP contribution in [0.2, 0.25) is 0 Å². The highest BCUT2D eigenvalue weighted by atomic mass is 16.5. The maximum Gasteiger partial charge on any atom is 0.355 e. The van der Waals surface area contributed by atoms with Crippen LogP contribution in [0.5, 0.6) is 0 Å². The van der Waals surface area contributed by atoms with Crippen LogP contribution in [0.1, 0.15) is 37.3 Å². The highest BCUT2D eigenvalue weighted by Crippen LogP contribution is 2.23. The average molecular weight is 329 g/mol. The zero-order chi connectivity index (χ0) is 17.3. The fraction of sp³-hybridized carbons (Fsp3) is 0.400. The van der Waals surface area contributed by atoms with Crippen LogP contribution in [0.3, 0.4) is 0 Å². The lowest BCUT2D eigenvalue weighted by Crippen LogP contribution is -2.08. The van der Waals surface area contributed by atoms with Gasteiger partial charge in [-0.2, -0.15) is 0 Å². The summed E-state index contributed by atoms with van der Waals surface area (Å²) in [5.41, 5.74) is 2.40. The van der Waals surface area contributed by atoms with Gasteiger partial charge in [0.1, 0.15) is 12.0 Å². The molecular weight excluding hydrogens is 310 g/mol. The normalized spacial score (nSPS) is 11.2. The van der Waals surface area contributed by atoms with Crippen LogP contribution in [0.4, 0.5) is 11.5 Å². The zero-order valence-corrected chi connectivity index (χ0v) is 14.0. The summed E-state index contributed by atoms with van der Waals surface area (Å²) >= 11 is 0. The first-order chi connectivity index (χ1) is 11.5. The van der Waals surface area contributed by atoms with Crippen molar-refractivity contribution in [3.05, 3.63) is 24.3 Å². The summed E-state index contributed by atoms with van der Waals surface area (Å²) in [5, 5.41) is 11.4. The Morgan fingerprint density at radius 3 is 2.88 bits per heavy atom. The van der Waals surface area contributed by atoms with Gasteiger partial charge < -0.3 is 14.6 Å². The lowest BCUT2D eigenvalue weighted by atomic mass is 10.4. The molecule has 0 aliphatic carbocycles. The largest absolute Gasteiger partial charge is 0.461 e. The second-order valence-electron chi connectivity index (χ2n) is 5.59. The first kappa shape index (κ1) is 15.9. The number of nitrogens with zero attached hydrogens (tertiary/aromatic N) is 6. The standard InChI is InChI=1S/C15H19N7O2/c1-5-24-15(23)11-6-10(7-21(11)4)18-13-12-14(17-8-16-13)22(9(2)3)20-19-12/h6-9H,5H2,1-4H3,(H,16,17,18). The Labute approximate surface area is 138 Å². The van der Waals surface area contributed by atoms with Crippen molar-refractivity contribution in [2.45, 2.75) is 26.8 Å². The van der Waals surface area contributed by atoms with Crippen LogP contribution in [-0.2, 0) is 11.8 Å². The summed E-state index contributed by atoms with van der Waals surface area (Å²) in [5.74, 6) is 0.166. The number of carbonyl (C=O) groups excluding carboxylic acids is 1. The van der Waals surface area contributed by atoms with E-state index in [1.807, 2.05) is 13.8 Å². The van der Waals surface area contributed by atoms with E-state index in [0.717, 1.165) is 0 Å². The van der Waals surface area contributed by atoms with Gasteiger partial charge in [-0.25, -0.2) is 19.4 Å². The maximum atomic E-state index is 11.9. The van der Waals surface area contributed by atoms with Crippen molar-refractivity contribution < 1.29 is 9.53 Å². The zero-order valence-electron chi connectivity index (χ0n) is 14.0. The van der Waals surface area contributed by atoms with Crippen LogP contribution < -0.4 is 5.32 Å². The summed E-state index contributed by atoms with van der Waals surface area (Å²) in [6.07, 6.45) is 3.25. The molecule has 0 unspecified atom stereocenters. The predicted octanol–water partition coefficient (Wildman–Crippen LogP) is 2.06. The summed E-state index contributed by atoms with van der Waals surface area (Å²) in [4.78, 5) is 20.4. The number of carbonyl (C=O) groups is 1. The number of esters is 1. The number of hydrogen-bond acceptors (Lipinski definition) is 7. The first-order valence-corrected chi connectivity index (χ1v) is 7.67. The molecule has 126 valence electrons. The Morgan fingerprint density at radius 1 is 1.38 bits per heavy atom. The van der Waals surface area contributed by atoms with Crippen molar-refractivity contribution in [1.29, 1.82) is 0 Å². The number of aryl methyl sites for hydroxylation is 1. The minimum Gasteiger partial charge on any atom is -0.461 e.